The fourth-order valence-corrected chi connectivity index (χ4v) is 3.03. The van der Waals surface area contributed by atoms with Gasteiger partial charge in [0, 0.05) is 31.3 Å². The van der Waals surface area contributed by atoms with E-state index in [1.807, 2.05) is 25.1 Å². The number of carbonyl (C=O) groups is 1. The van der Waals surface area contributed by atoms with Crippen molar-refractivity contribution in [3.05, 3.63) is 40.9 Å². The van der Waals surface area contributed by atoms with Crippen LogP contribution in [0, 0.1) is 6.92 Å². The molecule has 1 unspecified atom stereocenters. The third kappa shape index (κ3) is 3.91. The van der Waals surface area contributed by atoms with Crippen molar-refractivity contribution >= 4 is 29.3 Å². The average Bonchev–Trinajstić information content (AvgIpc) is 2.54. The second kappa shape index (κ2) is 7.00. The molecule has 0 bridgehead atoms. The Kier molecular flexibility index (Phi) is 4.80. The summed E-state index contributed by atoms with van der Waals surface area (Å²) in [5, 5.41) is 12.4. The highest BCUT2D eigenvalue weighted by molar-refractivity contribution is 6.28. The molecule has 8 heteroatoms. The maximum absolute atomic E-state index is 11.2. The van der Waals surface area contributed by atoms with Crippen LogP contribution in [0.4, 0.5) is 16.4 Å². The highest BCUT2D eigenvalue weighted by Crippen LogP contribution is 2.28. The predicted molar refractivity (Wildman–Crippen MR) is 90.9 cm³/mol. The van der Waals surface area contributed by atoms with E-state index in [2.05, 4.69) is 20.3 Å². The van der Waals surface area contributed by atoms with Crippen LogP contribution >= 0.6 is 11.6 Å². The first-order valence-electron chi connectivity index (χ1n) is 7.73. The Balaban J connectivity index is 1.82. The van der Waals surface area contributed by atoms with E-state index in [9.17, 15) is 9.90 Å². The Morgan fingerprint density at radius 1 is 1.38 bits per heavy atom. The summed E-state index contributed by atoms with van der Waals surface area (Å²) in [6.45, 7) is 2.96. The van der Waals surface area contributed by atoms with E-state index in [0.29, 0.717) is 24.7 Å². The molecule has 1 atom stereocenters. The van der Waals surface area contributed by atoms with Crippen LogP contribution in [0.15, 0.2) is 24.4 Å². The summed E-state index contributed by atoms with van der Waals surface area (Å²) in [5.41, 5.74) is 1.83. The maximum Gasteiger partial charge on any atom is 0.407 e. The Hall–Kier alpha value is -2.41. The van der Waals surface area contributed by atoms with E-state index in [4.69, 9.17) is 11.6 Å². The first-order chi connectivity index (χ1) is 11.5. The predicted octanol–water partition coefficient (Wildman–Crippen LogP) is 3.43. The summed E-state index contributed by atoms with van der Waals surface area (Å²) in [4.78, 5) is 25.3. The minimum absolute atomic E-state index is 0.0152. The van der Waals surface area contributed by atoms with Crippen LogP contribution in [0.5, 0.6) is 0 Å². The minimum atomic E-state index is -0.901. The van der Waals surface area contributed by atoms with Crippen LogP contribution in [0.2, 0.25) is 5.28 Å². The van der Waals surface area contributed by atoms with E-state index >= 15 is 0 Å². The van der Waals surface area contributed by atoms with E-state index in [0.717, 1.165) is 24.1 Å². The van der Waals surface area contributed by atoms with Crippen molar-refractivity contribution in [2.75, 3.05) is 18.4 Å². The summed E-state index contributed by atoms with van der Waals surface area (Å²) in [6.07, 6.45) is 2.50. The topological polar surface area (TPSA) is 91.2 Å². The number of nitrogens with zero attached hydrogens (tertiary/aromatic N) is 4. The molecule has 3 heterocycles. The molecular weight excluding hydrogens is 330 g/mol. The van der Waals surface area contributed by atoms with Crippen LogP contribution in [-0.2, 0) is 0 Å². The normalized spacial score (nSPS) is 17.6. The zero-order valence-corrected chi connectivity index (χ0v) is 14.0. The lowest BCUT2D eigenvalue weighted by molar-refractivity contribution is 0.130. The van der Waals surface area contributed by atoms with Gasteiger partial charge in [-0.15, -0.1) is 0 Å². The summed E-state index contributed by atoms with van der Waals surface area (Å²) in [6, 6.07) is 5.63. The van der Waals surface area contributed by atoms with Crippen LogP contribution in [-0.4, -0.2) is 44.1 Å². The highest BCUT2D eigenvalue weighted by Gasteiger charge is 2.26. The first-order valence-corrected chi connectivity index (χ1v) is 8.11. The molecule has 0 radical (unpaired) electrons. The first kappa shape index (κ1) is 16.4. The van der Waals surface area contributed by atoms with Gasteiger partial charge >= 0.3 is 6.09 Å². The standard InChI is InChI=1S/C16H18ClN5O2/c1-10-4-5-18-13(7-10)20-14-8-12(19-15(17)21-14)11-3-2-6-22(9-11)16(23)24/h4-5,7-8,11H,2-3,6,9H2,1H3,(H,23,24)(H,18,19,20,21). The maximum atomic E-state index is 11.2. The van der Waals surface area contributed by atoms with Crippen molar-refractivity contribution in [1.29, 1.82) is 0 Å². The number of aromatic nitrogens is 3. The Labute approximate surface area is 144 Å². The highest BCUT2D eigenvalue weighted by atomic mass is 35.5. The molecule has 1 aliphatic heterocycles. The van der Waals surface area contributed by atoms with Crippen molar-refractivity contribution in [2.24, 2.45) is 0 Å². The molecule has 24 heavy (non-hydrogen) atoms. The van der Waals surface area contributed by atoms with Gasteiger partial charge in [-0.3, -0.25) is 0 Å². The lowest BCUT2D eigenvalue weighted by Crippen LogP contribution is -2.38. The lowest BCUT2D eigenvalue weighted by atomic mass is 9.95. The van der Waals surface area contributed by atoms with Crippen LogP contribution < -0.4 is 5.32 Å². The monoisotopic (exact) mass is 347 g/mol. The zero-order chi connectivity index (χ0) is 17.1. The number of hydrogen-bond donors (Lipinski definition) is 2. The number of aryl methyl sites for hydroxylation is 1. The molecule has 1 fully saturated rings. The molecule has 7 nitrogen and oxygen atoms in total. The molecule has 1 aliphatic rings. The summed E-state index contributed by atoms with van der Waals surface area (Å²) in [7, 11) is 0. The van der Waals surface area contributed by atoms with Gasteiger partial charge in [-0.1, -0.05) is 0 Å². The van der Waals surface area contributed by atoms with Gasteiger partial charge in [-0.25, -0.2) is 19.7 Å². The quantitative estimate of drug-likeness (QED) is 0.826. The molecule has 2 aromatic heterocycles. The van der Waals surface area contributed by atoms with Crippen LogP contribution in [0.3, 0.4) is 0 Å². The van der Waals surface area contributed by atoms with E-state index in [-0.39, 0.29) is 11.2 Å². The second-order valence-electron chi connectivity index (χ2n) is 5.86. The van der Waals surface area contributed by atoms with Crippen molar-refractivity contribution in [2.45, 2.75) is 25.7 Å². The Bertz CT molecular complexity index is 755. The summed E-state index contributed by atoms with van der Waals surface area (Å²) in [5.74, 6) is 1.24. The fourth-order valence-electron chi connectivity index (χ4n) is 2.84. The van der Waals surface area contributed by atoms with Crippen molar-refractivity contribution in [1.82, 2.24) is 19.9 Å². The fraction of sp³-hybridized carbons (Fsp3) is 0.375. The van der Waals surface area contributed by atoms with Gasteiger partial charge in [-0.05, 0) is 49.1 Å². The van der Waals surface area contributed by atoms with Crippen LogP contribution in [0.1, 0.15) is 30.0 Å². The SMILES string of the molecule is Cc1ccnc(Nc2cc(C3CCCN(C(=O)O)C3)nc(Cl)n2)c1. The number of pyridine rings is 1. The van der Waals surface area contributed by atoms with Crippen molar-refractivity contribution in [3.63, 3.8) is 0 Å². The number of hydrogen-bond acceptors (Lipinski definition) is 5. The molecule has 2 aromatic rings. The van der Waals surface area contributed by atoms with Gasteiger partial charge in [0.1, 0.15) is 11.6 Å². The number of carboxylic acid groups (broad SMARTS) is 1. The average molecular weight is 348 g/mol. The zero-order valence-electron chi connectivity index (χ0n) is 13.2. The number of halogens is 1. The summed E-state index contributed by atoms with van der Waals surface area (Å²) >= 11 is 6.05. The minimum Gasteiger partial charge on any atom is -0.465 e. The number of amides is 1. The van der Waals surface area contributed by atoms with Gasteiger partial charge in [0.15, 0.2) is 0 Å². The number of nitrogens with one attached hydrogen (secondary N) is 1. The molecule has 0 aromatic carbocycles. The number of anilines is 2. The molecule has 1 saturated heterocycles. The van der Waals surface area contributed by atoms with Crippen molar-refractivity contribution < 1.29 is 9.90 Å². The third-order valence-corrected chi connectivity index (χ3v) is 4.17. The number of rotatable bonds is 3. The molecule has 0 aliphatic carbocycles. The molecule has 0 spiro atoms. The van der Waals surface area contributed by atoms with Gasteiger partial charge in [0.05, 0.1) is 5.69 Å². The molecule has 2 N–H and O–H groups in total. The van der Waals surface area contributed by atoms with Gasteiger partial charge in [0.2, 0.25) is 5.28 Å². The number of likely N-dealkylation sites (tertiary alicyclic amines) is 1. The molecule has 126 valence electrons. The number of piperidine rings is 1. The second-order valence-corrected chi connectivity index (χ2v) is 6.20. The third-order valence-electron chi connectivity index (χ3n) is 4.00. The van der Waals surface area contributed by atoms with Crippen molar-refractivity contribution in [3.8, 4) is 0 Å². The van der Waals surface area contributed by atoms with E-state index in [1.54, 1.807) is 6.20 Å². The van der Waals surface area contributed by atoms with E-state index in [1.165, 1.54) is 4.90 Å². The molecule has 3 rings (SSSR count). The smallest absolute Gasteiger partial charge is 0.407 e. The molecule has 1 amide bonds. The largest absolute Gasteiger partial charge is 0.465 e. The van der Waals surface area contributed by atoms with Gasteiger partial charge < -0.3 is 15.3 Å². The summed E-state index contributed by atoms with van der Waals surface area (Å²) < 4.78 is 0. The molecule has 0 saturated carbocycles. The van der Waals surface area contributed by atoms with Gasteiger partial charge in [0.25, 0.3) is 0 Å². The molecular formula is C16H18ClN5O2. The Morgan fingerprint density at radius 2 is 2.21 bits per heavy atom. The van der Waals surface area contributed by atoms with Gasteiger partial charge in [-0.2, -0.15) is 0 Å². The lowest BCUT2D eigenvalue weighted by Gasteiger charge is -2.30. The van der Waals surface area contributed by atoms with Crippen LogP contribution in [0.25, 0.3) is 0 Å². The Morgan fingerprint density at radius 3 is 2.96 bits per heavy atom. The van der Waals surface area contributed by atoms with E-state index < -0.39 is 6.09 Å².